The minimum absolute atomic E-state index is 0.00793. The number of para-hydroxylation sites is 1. The van der Waals surface area contributed by atoms with Gasteiger partial charge in [0.2, 0.25) is 5.91 Å². The molecule has 3 nitrogen and oxygen atoms in total. The van der Waals surface area contributed by atoms with Gasteiger partial charge in [-0.05, 0) is 54.9 Å². The van der Waals surface area contributed by atoms with Crippen LogP contribution in [0.25, 0.3) is 22.0 Å². The number of carbonyl (C=O) groups is 1. The summed E-state index contributed by atoms with van der Waals surface area (Å²) in [6.07, 6.45) is 4.45. The quantitative estimate of drug-likeness (QED) is 0.586. The average molecular weight is 388 g/mol. The third-order valence-corrected chi connectivity index (χ3v) is 6.34. The number of amides is 1. The lowest BCUT2D eigenvalue weighted by atomic mass is 9.87. The van der Waals surface area contributed by atoms with Crippen molar-refractivity contribution in [3.05, 3.63) is 66.4 Å². The average Bonchev–Trinajstić information content (AvgIpc) is 3.63. The molecular formula is C25H25FN2O. The maximum Gasteiger partial charge on any atom is 0.225 e. The molecule has 2 aromatic carbocycles. The van der Waals surface area contributed by atoms with Crippen molar-refractivity contribution < 1.29 is 9.18 Å². The van der Waals surface area contributed by atoms with Crippen molar-refractivity contribution in [2.24, 2.45) is 11.8 Å². The first-order valence-corrected chi connectivity index (χ1v) is 10.6. The number of pyridine rings is 1. The van der Waals surface area contributed by atoms with Crippen LogP contribution in [0.5, 0.6) is 0 Å². The molecule has 5 rings (SSSR count). The number of aromatic nitrogens is 1. The lowest BCUT2D eigenvalue weighted by Gasteiger charge is -2.33. The highest BCUT2D eigenvalue weighted by atomic mass is 19.1. The zero-order valence-corrected chi connectivity index (χ0v) is 16.4. The molecule has 0 spiro atoms. The predicted molar refractivity (Wildman–Crippen MR) is 113 cm³/mol. The van der Waals surface area contributed by atoms with E-state index in [9.17, 15) is 4.79 Å². The lowest BCUT2D eigenvalue weighted by molar-refractivity contribution is -0.134. The Labute approximate surface area is 170 Å². The number of carbonyl (C=O) groups excluding carboxylic acids is 1. The van der Waals surface area contributed by atoms with Gasteiger partial charge in [0.25, 0.3) is 0 Å². The second kappa shape index (κ2) is 7.58. The van der Waals surface area contributed by atoms with Crippen LogP contribution in [-0.2, 0) is 4.79 Å². The molecule has 1 saturated heterocycles. The summed E-state index contributed by atoms with van der Waals surface area (Å²) in [5.41, 5.74) is 3.79. The highest BCUT2D eigenvalue weighted by molar-refractivity contribution is 5.83. The molecule has 1 aromatic heterocycles. The fourth-order valence-corrected chi connectivity index (χ4v) is 4.36. The second-order valence-corrected chi connectivity index (χ2v) is 8.38. The third-order valence-electron chi connectivity index (χ3n) is 6.34. The van der Waals surface area contributed by atoms with Gasteiger partial charge in [0.15, 0.2) is 0 Å². The van der Waals surface area contributed by atoms with Gasteiger partial charge in [-0.25, -0.2) is 4.39 Å². The number of fused-ring (bicyclic) bond motifs is 1. The smallest absolute Gasteiger partial charge is 0.225 e. The third kappa shape index (κ3) is 3.76. The van der Waals surface area contributed by atoms with E-state index in [1.807, 2.05) is 53.6 Å². The van der Waals surface area contributed by atoms with Crippen LogP contribution in [0.4, 0.5) is 4.39 Å². The minimum Gasteiger partial charge on any atom is -0.342 e. The Hall–Kier alpha value is -2.75. The Morgan fingerprint density at radius 3 is 2.41 bits per heavy atom. The normalized spacial score (nSPS) is 18.7. The molecule has 0 N–H and O–H groups in total. The van der Waals surface area contributed by atoms with Gasteiger partial charge in [-0.3, -0.25) is 9.78 Å². The number of alkyl halides is 1. The Kier molecular flexibility index (Phi) is 4.78. The maximum atomic E-state index is 15.1. The molecule has 2 heterocycles. The molecule has 29 heavy (non-hydrogen) atoms. The summed E-state index contributed by atoms with van der Waals surface area (Å²) in [7, 11) is 0. The monoisotopic (exact) mass is 388 g/mol. The number of likely N-dealkylation sites (tertiary alicyclic amines) is 1. The zero-order valence-electron chi connectivity index (χ0n) is 16.4. The molecule has 1 amide bonds. The van der Waals surface area contributed by atoms with Crippen LogP contribution >= 0.6 is 0 Å². The van der Waals surface area contributed by atoms with Crippen molar-refractivity contribution in [3.63, 3.8) is 0 Å². The minimum atomic E-state index is -0.975. The summed E-state index contributed by atoms with van der Waals surface area (Å²) in [6.45, 7) is 1.39. The Bertz CT molecular complexity index is 1020. The number of nitrogens with zero attached hydrogens (tertiary/aromatic N) is 2. The Balaban J connectivity index is 1.26. The van der Waals surface area contributed by atoms with Crippen LogP contribution in [0.1, 0.15) is 37.4 Å². The molecule has 3 aromatic rings. The van der Waals surface area contributed by atoms with Gasteiger partial charge in [-0.2, -0.15) is 0 Å². The fraction of sp³-hybridized carbons (Fsp3) is 0.360. The van der Waals surface area contributed by atoms with Gasteiger partial charge in [-0.1, -0.05) is 42.5 Å². The number of halogens is 1. The van der Waals surface area contributed by atoms with Crippen molar-refractivity contribution in [1.29, 1.82) is 0 Å². The van der Waals surface area contributed by atoms with E-state index in [-0.39, 0.29) is 17.7 Å². The van der Waals surface area contributed by atoms with Crippen molar-refractivity contribution in [3.8, 4) is 11.1 Å². The van der Waals surface area contributed by atoms with Crippen LogP contribution in [-0.4, -0.2) is 28.9 Å². The van der Waals surface area contributed by atoms with E-state index in [2.05, 4.69) is 17.1 Å². The highest BCUT2D eigenvalue weighted by Gasteiger charge is 2.36. The van der Waals surface area contributed by atoms with Gasteiger partial charge >= 0.3 is 0 Å². The predicted octanol–water partition coefficient (Wildman–Crippen LogP) is 5.56. The van der Waals surface area contributed by atoms with Crippen molar-refractivity contribution in [1.82, 2.24) is 9.88 Å². The van der Waals surface area contributed by atoms with Crippen LogP contribution in [0, 0.1) is 11.8 Å². The molecule has 2 fully saturated rings. The van der Waals surface area contributed by atoms with Crippen LogP contribution in [0.15, 0.2) is 60.8 Å². The number of rotatable bonds is 4. The van der Waals surface area contributed by atoms with E-state index < -0.39 is 6.17 Å². The summed E-state index contributed by atoms with van der Waals surface area (Å²) >= 11 is 0. The SMILES string of the molecule is O=C(C1CC1)N1CCC(C(F)c2ccc(-c3cnc4ccccc4c3)cc2)CC1. The zero-order chi connectivity index (χ0) is 19.8. The summed E-state index contributed by atoms with van der Waals surface area (Å²) in [4.78, 5) is 18.6. The first kappa shape index (κ1) is 18.3. The van der Waals surface area contributed by atoms with Gasteiger partial charge in [0, 0.05) is 36.2 Å². The standard InChI is InChI=1S/C25H25FN2O/c26-24(19-11-13-28(14-12-19)25(29)20-9-10-20)18-7-5-17(6-8-18)22-15-21-3-1-2-4-23(21)27-16-22/h1-8,15-16,19-20,24H,9-14H2. The van der Waals surface area contributed by atoms with Crippen molar-refractivity contribution in [2.45, 2.75) is 31.9 Å². The van der Waals surface area contributed by atoms with Gasteiger partial charge < -0.3 is 4.90 Å². The maximum absolute atomic E-state index is 15.1. The van der Waals surface area contributed by atoms with Crippen molar-refractivity contribution in [2.75, 3.05) is 13.1 Å². The van der Waals surface area contributed by atoms with Crippen molar-refractivity contribution >= 4 is 16.8 Å². The fourth-order valence-electron chi connectivity index (χ4n) is 4.36. The molecule has 1 aliphatic carbocycles. The van der Waals surface area contributed by atoms with E-state index in [1.165, 1.54) is 0 Å². The van der Waals surface area contributed by atoms with Crippen LogP contribution in [0.3, 0.4) is 0 Å². The molecule has 2 aliphatic rings. The number of piperidine rings is 1. The van der Waals surface area contributed by atoms with E-state index in [0.29, 0.717) is 13.1 Å². The molecule has 0 bridgehead atoms. The molecule has 148 valence electrons. The summed E-state index contributed by atoms with van der Waals surface area (Å²) < 4.78 is 15.1. The number of benzene rings is 2. The van der Waals surface area contributed by atoms with E-state index >= 15 is 4.39 Å². The largest absolute Gasteiger partial charge is 0.342 e. The van der Waals surface area contributed by atoms with E-state index in [4.69, 9.17) is 0 Å². The van der Waals surface area contributed by atoms with Crippen LogP contribution < -0.4 is 0 Å². The van der Waals surface area contributed by atoms with E-state index in [1.54, 1.807) is 0 Å². The number of hydrogen-bond acceptors (Lipinski definition) is 2. The topological polar surface area (TPSA) is 33.2 Å². The summed E-state index contributed by atoms with van der Waals surface area (Å²) in [6, 6.07) is 17.9. The first-order valence-electron chi connectivity index (χ1n) is 10.6. The highest BCUT2D eigenvalue weighted by Crippen LogP contribution is 2.37. The van der Waals surface area contributed by atoms with Crippen LogP contribution in [0.2, 0.25) is 0 Å². The molecular weight excluding hydrogens is 363 g/mol. The molecule has 0 radical (unpaired) electrons. The lowest BCUT2D eigenvalue weighted by Crippen LogP contribution is -2.40. The first-order chi connectivity index (χ1) is 14.2. The molecule has 1 unspecified atom stereocenters. The van der Waals surface area contributed by atoms with E-state index in [0.717, 1.165) is 53.3 Å². The second-order valence-electron chi connectivity index (χ2n) is 8.38. The van der Waals surface area contributed by atoms with Gasteiger partial charge in [-0.15, -0.1) is 0 Å². The molecule has 1 atom stereocenters. The summed E-state index contributed by atoms with van der Waals surface area (Å²) in [5, 5.41) is 1.10. The Morgan fingerprint density at radius 1 is 0.966 bits per heavy atom. The Morgan fingerprint density at radius 2 is 1.69 bits per heavy atom. The summed E-state index contributed by atoms with van der Waals surface area (Å²) in [5.74, 6) is 0.531. The number of hydrogen-bond donors (Lipinski definition) is 0. The molecule has 1 aliphatic heterocycles. The van der Waals surface area contributed by atoms with Gasteiger partial charge in [0.1, 0.15) is 6.17 Å². The molecule has 1 saturated carbocycles. The molecule has 4 heteroatoms. The van der Waals surface area contributed by atoms with Gasteiger partial charge in [0.05, 0.1) is 5.52 Å².